The molecule has 3 aliphatic rings. The van der Waals surface area contributed by atoms with E-state index in [1.807, 2.05) is 0 Å². The fourth-order valence-corrected chi connectivity index (χ4v) is 11.0. The number of nitrogens with zero attached hydrogens (tertiary/aromatic N) is 2. The lowest BCUT2D eigenvalue weighted by Crippen LogP contribution is -2.24. The van der Waals surface area contributed by atoms with E-state index in [4.69, 9.17) is 0 Å². The van der Waals surface area contributed by atoms with Gasteiger partial charge < -0.3 is 9.13 Å². The SMILES string of the molecule is CC1(C)c2ccccc2-c2ccc(-n3c4ccccc4c4cc(-c5ccc6c(c5)c5ccccc5n6-c5ccc6c(c5)C(C)(C)C5C=CC=CC65)ccc43)cc21. The second-order valence-electron chi connectivity index (χ2n) is 17.4. The first kappa shape index (κ1) is 31.9. The monoisotopic (exact) mass is 718 g/mol. The fraction of sp³-hybridized carbons (Fsp3) is 0.148. The van der Waals surface area contributed by atoms with Gasteiger partial charge >= 0.3 is 0 Å². The van der Waals surface area contributed by atoms with Crippen molar-refractivity contribution in [3.63, 3.8) is 0 Å². The molecule has 56 heavy (non-hydrogen) atoms. The molecule has 7 aromatic carbocycles. The third-order valence-electron chi connectivity index (χ3n) is 13.8. The van der Waals surface area contributed by atoms with Crippen molar-refractivity contribution in [2.75, 3.05) is 0 Å². The van der Waals surface area contributed by atoms with E-state index in [1.165, 1.54) is 99.5 Å². The third kappa shape index (κ3) is 4.17. The highest BCUT2D eigenvalue weighted by atomic mass is 15.0. The van der Waals surface area contributed by atoms with E-state index >= 15 is 0 Å². The van der Waals surface area contributed by atoms with Crippen molar-refractivity contribution in [3.05, 3.63) is 192 Å². The number of rotatable bonds is 3. The Labute approximate surface area is 327 Å². The van der Waals surface area contributed by atoms with Crippen molar-refractivity contribution in [1.82, 2.24) is 9.13 Å². The van der Waals surface area contributed by atoms with Crippen molar-refractivity contribution < 1.29 is 0 Å². The van der Waals surface area contributed by atoms with E-state index in [-0.39, 0.29) is 10.8 Å². The molecule has 3 aliphatic carbocycles. The molecule has 0 spiro atoms. The zero-order valence-electron chi connectivity index (χ0n) is 32.2. The fourth-order valence-electron chi connectivity index (χ4n) is 11.0. The average molecular weight is 719 g/mol. The molecule has 0 N–H and O–H groups in total. The molecular weight excluding hydrogens is 677 g/mol. The summed E-state index contributed by atoms with van der Waals surface area (Å²) in [5.74, 6) is 0.938. The molecule has 2 heterocycles. The van der Waals surface area contributed by atoms with Crippen LogP contribution in [-0.2, 0) is 10.8 Å². The Kier molecular flexibility index (Phi) is 6.33. The molecule has 0 fully saturated rings. The minimum Gasteiger partial charge on any atom is -0.309 e. The normalized spacial score (nSPS) is 18.5. The highest BCUT2D eigenvalue weighted by molar-refractivity contribution is 6.12. The quantitative estimate of drug-likeness (QED) is 0.172. The molecule has 0 saturated heterocycles. The molecule has 2 atom stereocenters. The number of hydrogen-bond acceptors (Lipinski definition) is 0. The van der Waals surface area contributed by atoms with Gasteiger partial charge in [-0.2, -0.15) is 0 Å². The molecule has 0 amide bonds. The maximum atomic E-state index is 2.48. The molecule has 2 heteroatoms. The van der Waals surface area contributed by atoms with Gasteiger partial charge in [-0.1, -0.05) is 137 Å². The van der Waals surface area contributed by atoms with E-state index in [0.29, 0.717) is 11.8 Å². The van der Waals surface area contributed by atoms with Gasteiger partial charge in [0.05, 0.1) is 22.1 Å². The zero-order chi connectivity index (χ0) is 37.5. The van der Waals surface area contributed by atoms with Crippen molar-refractivity contribution in [1.29, 1.82) is 0 Å². The molecule has 2 nitrogen and oxygen atoms in total. The summed E-state index contributed by atoms with van der Waals surface area (Å²) in [5.41, 5.74) is 18.3. The summed E-state index contributed by atoms with van der Waals surface area (Å²) in [4.78, 5) is 0. The molecule has 0 saturated carbocycles. The third-order valence-corrected chi connectivity index (χ3v) is 13.8. The predicted octanol–water partition coefficient (Wildman–Crippen LogP) is 14.0. The molecular formula is C54H42N2. The van der Waals surface area contributed by atoms with Gasteiger partial charge in [0, 0.05) is 44.3 Å². The van der Waals surface area contributed by atoms with Crippen LogP contribution in [0.3, 0.4) is 0 Å². The lowest BCUT2D eigenvalue weighted by molar-refractivity contribution is 0.394. The van der Waals surface area contributed by atoms with E-state index in [0.717, 1.165) is 0 Å². The topological polar surface area (TPSA) is 9.86 Å². The molecule has 9 aromatic rings. The van der Waals surface area contributed by atoms with Crippen LogP contribution in [0.4, 0.5) is 0 Å². The van der Waals surface area contributed by atoms with Crippen LogP contribution in [0.5, 0.6) is 0 Å². The molecule has 2 unspecified atom stereocenters. The second-order valence-corrected chi connectivity index (χ2v) is 17.4. The smallest absolute Gasteiger partial charge is 0.0541 e. The van der Waals surface area contributed by atoms with Crippen molar-refractivity contribution >= 4 is 43.6 Å². The number of aromatic nitrogens is 2. The number of hydrogen-bond donors (Lipinski definition) is 0. The summed E-state index contributed by atoms with van der Waals surface area (Å²) < 4.78 is 4.94. The lowest BCUT2D eigenvalue weighted by Gasteiger charge is -2.29. The standard InChI is InChI=1S/C54H42N2/c1-53(2)45-17-9-5-13-37(45)39-25-23-35(31-47(39)53)55-49-19-11-7-15-41(49)43-29-33(21-27-51(43)55)34-22-28-52-44(30-34)42-16-8-12-20-50(42)56(52)36-24-26-40-38-14-6-10-18-46(38)54(3,4)48(40)32-36/h5-32,37,45H,1-4H3. The first-order valence-electron chi connectivity index (χ1n) is 20.1. The van der Waals surface area contributed by atoms with Crippen LogP contribution in [0.25, 0.3) is 77.2 Å². The highest BCUT2D eigenvalue weighted by Gasteiger charge is 2.44. The van der Waals surface area contributed by atoms with Gasteiger partial charge in [0.15, 0.2) is 0 Å². The van der Waals surface area contributed by atoms with Crippen LogP contribution < -0.4 is 0 Å². The van der Waals surface area contributed by atoms with Crippen LogP contribution in [0.15, 0.2) is 170 Å². The number of para-hydroxylation sites is 2. The summed E-state index contributed by atoms with van der Waals surface area (Å²) in [5, 5.41) is 5.11. The van der Waals surface area contributed by atoms with E-state index < -0.39 is 0 Å². The Bertz CT molecular complexity index is 3210. The Balaban J connectivity index is 0.995. The van der Waals surface area contributed by atoms with Gasteiger partial charge in [0.2, 0.25) is 0 Å². The summed E-state index contributed by atoms with van der Waals surface area (Å²) in [6, 6.07) is 55.1. The summed E-state index contributed by atoms with van der Waals surface area (Å²) in [7, 11) is 0. The Morgan fingerprint density at radius 3 is 1.64 bits per heavy atom. The molecule has 268 valence electrons. The zero-order valence-corrected chi connectivity index (χ0v) is 32.2. The average Bonchev–Trinajstić information content (AvgIpc) is 3.89. The number of allylic oxidation sites excluding steroid dienone is 4. The highest BCUT2D eigenvalue weighted by Crippen LogP contribution is 2.54. The first-order valence-corrected chi connectivity index (χ1v) is 20.1. The maximum Gasteiger partial charge on any atom is 0.0541 e. The van der Waals surface area contributed by atoms with Crippen LogP contribution in [0.1, 0.15) is 55.9 Å². The summed E-state index contributed by atoms with van der Waals surface area (Å²) in [6.45, 7) is 9.56. The van der Waals surface area contributed by atoms with Crippen LogP contribution in [-0.4, -0.2) is 9.13 Å². The molecule has 0 bridgehead atoms. The van der Waals surface area contributed by atoms with E-state index in [1.54, 1.807) is 0 Å². The van der Waals surface area contributed by atoms with Crippen molar-refractivity contribution in [2.24, 2.45) is 5.92 Å². The predicted molar refractivity (Wildman–Crippen MR) is 236 cm³/mol. The number of benzene rings is 7. The minimum atomic E-state index is -0.0551. The van der Waals surface area contributed by atoms with Crippen LogP contribution in [0.2, 0.25) is 0 Å². The number of fused-ring (bicyclic) bond motifs is 12. The lowest BCUT2D eigenvalue weighted by atomic mass is 9.74. The van der Waals surface area contributed by atoms with E-state index in [9.17, 15) is 0 Å². The summed E-state index contributed by atoms with van der Waals surface area (Å²) in [6.07, 6.45) is 9.24. The minimum absolute atomic E-state index is 0.0551. The maximum absolute atomic E-state index is 2.48. The van der Waals surface area contributed by atoms with Gasteiger partial charge in [-0.15, -0.1) is 0 Å². The Hall–Kier alpha value is -6.38. The van der Waals surface area contributed by atoms with Gasteiger partial charge in [-0.25, -0.2) is 0 Å². The second kappa shape index (κ2) is 11.1. The molecule has 2 aromatic heterocycles. The van der Waals surface area contributed by atoms with E-state index in [2.05, 4.69) is 207 Å². The Morgan fingerprint density at radius 1 is 0.429 bits per heavy atom. The van der Waals surface area contributed by atoms with Crippen molar-refractivity contribution in [2.45, 2.75) is 44.4 Å². The largest absolute Gasteiger partial charge is 0.309 e. The first-order chi connectivity index (χ1) is 27.3. The molecule has 0 aliphatic heterocycles. The van der Waals surface area contributed by atoms with Gasteiger partial charge in [0.25, 0.3) is 0 Å². The van der Waals surface area contributed by atoms with Gasteiger partial charge in [0.1, 0.15) is 0 Å². The van der Waals surface area contributed by atoms with Gasteiger partial charge in [-0.3, -0.25) is 0 Å². The molecule has 12 rings (SSSR count). The molecule has 0 radical (unpaired) electrons. The van der Waals surface area contributed by atoms with Gasteiger partial charge in [-0.05, 0) is 117 Å². The summed E-state index contributed by atoms with van der Waals surface area (Å²) >= 11 is 0. The van der Waals surface area contributed by atoms with Crippen LogP contribution >= 0.6 is 0 Å². The Morgan fingerprint density at radius 2 is 0.964 bits per heavy atom. The van der Waals surface area contributed by atoms with Crippen LogP contribution in [0, 0.1) is 5.92 Å². The van der Waals surface area contributed by atoms with Crippen molar-refractivity contribution in [3.8, 4) is 33.6 Å².